The highest BCUT2D eigenvalue weighted by atomic mass is 32.1. The molecule has 0 unspecified atom stereocenters. The fourth-order valence-electron chi connectivity index (χ4n) is 2.54. The average molecular weight is 365 g/mol. The van der Waals surface area contributed by atoms with E-state index in [1.165, 1.54) is 11.3 Å². The minimum absolute atomic E-state index is 0.0949. The molecule has 0 aromatic carbocycles. The second-order valence-electron chi connectivity index (χ2n) is 5.94. The number of ether oxygens (including phenoxy) is 1. The molecule has 1 aliphatic heterocycles. The van der Waals surface area contributed by atoms with Gasteiger partial charge in [0.05, 0.1) is 18.9 Å². The molecule has 3 heterocycles. The molecule has 1 saturated heterocycles. The summed E-state index contributed by atoms with van der Waals surface area (Å²) in [7, 11) is 0. The van der Waals surface area contributed by atoms with E-state index in [-0.39, 0.29) is 5.91 Å². The van der Waals surface area contributed by atoms with Crippen molar-refractivity contribution < 1.29 is 14.1 Å². The SMILES string of the molecule is CCCc1noc(CCC(=O)Nc2nc(CN3CCOCC3)cs2)n1. The number of carbonyl (C=O) groups excluding carboxylic acids is 1. The summed E-state index contributed by atoms with van der Waals surface area (Å²) in [6, 6.07) is 0. The van der Waals surface area contributed by atoms with Crippen LogP contribution >= 0.6 is 11.3 Å². The van der Waals surface area contributed by atoms with Gasteiger partial charge in [-0.05, 0) is 6.42 Å². The minimum atomic E-state index is -0.0949. The number of rotatable bonds is 8. The molecule has 2 aromatic rings. The molecule has 0 spiro atoms. The molecule has 1 fully saturated rings. The highest BCUT2D eigenvalue weighted by Gasteiger charge is 2.14. The van der Waals surface area contributed by atoms with E-state index in [0.29, 0.717) is 29.7 Å². The van der Waals surface area contributed by atoms with Crippen LogP contribution in [0.4, 0.5) is 5.13 Å². The molecule has 0 atom stereocenters. The number of anilines is 1. The Morgan fingerprint density at radius 1 is 1.32 bits per heavy atom. The topological polar surface area (TPSA) is 93.4 Å². The number of hydrogen-bond acceptors (Lipinski definition) is 8. The van der Waals surface area contributed by atoms with Crippen LogP contribution in [0.1, 0.15) is 37.2 Å². The Labute approximate surface area is 150 Å². The largest absolute Gasteiger partial charge is 0.379 e. The molecule has 0 radical (unpaired) electrons. The van der Waals surface area contributed by atoms with Crippen molar-refractivity contribution in [1.29, 1.82) is 0 Å². The van der Waals surface area contributed by atoms with Gasteiger partial charge >= 0.3 is 0 Å². The molecule has 0 aliphatic carbocycles. The third-order valence-electron chi connectivity index (χ3n) is 3.84. The first-order valence-electron chi connectivity index (χ1n) is 8.58. The summed E-state index contributed by atoms with van der Waals surface area (Å²) in [6.07, 6.45) is 2.50. The number of aromatic nitrogens is 3. The minimum Gasteiger partial charge on any atom is -0.379 e. The summed E-state index contributed by atoms with van der Waals surface area (Å²) < 4.78 is 10.5. The van der Waals surface area contributed by atoms with Crippen LogP contribution in [0.3, 0.4) is 0 Å². The van der Waals surface area contributed by atoms with Crippen LogP contribution in [0.2, 0.25) is 0 Å². The molecule has 25 heavy (non-hydrogen) atoms. The lowest BCUT2D eigenvalue weighted by Gasteiger charge is -2.25. The number of thiazole rings is 1. The van der Waals surface area contributed by atoms with Gasteiger partial charge in [0.2, 0.25) is 11.8 Å². The van der Waals surface area contributed by atoms with Crippen LogP contribution in [-0.2, 0) is 28.9 Å². The molecule has 1 N–H and O–H groups in total. The molecular weight excluding hydrogens is 342 g/mol. The van der Waals surface area contributed by atoms with Crippen LogP contribution in [-0.4, -0.2) is 52.2 Å². The van der Waals surface area contributed by atoms with Crippen LogP contribution < -0.4 is 5.32 Å². The lowest BCUT2D eigenvalue weighted by Crippen LogP contribution is -2.35. The predicted octanol–water partition coefficient (Wildman–Crippen LogP) is 1.88. The van der Waals surface area contributed by atoms with Gasteiger partial charge in [0, 0.05) is 44.3 Å². The second-order valence-corrected chi connectivity index (χ2v) is 6.79. The summed E-state index contributed by atoms with van der Waals surface area (Å²) >= 11 is 1.45. The molecule has 0 bridgehead atoms. The maximum atomic E-state index is 12.1. The van der Waals surface area contributed by atoms with E-state index in [1.54, 1.807) is 0 Å². The monoisotopic (exact) mass is 365 g/mol. The summed E-state index contributed by atoms with van der Waals surface area (Å²) in [5.41, 5.74) is 0.975. The first-order valence-corrected chi connectivity index (χ1v) is 9.46. The first-order chi connectivity index (χ1) is 12.2. The van der Waals surface area contributed by atoms with Gasteiger partial charge in [-0.2, -0.15) is 4.98 Å². The smallest absolute Gasteiger partial charge is 0.227 e. The first kappa shape index (κ1) is 18.0. The Morgan fingerprint density at radius 2 is 2.16 bits per heavy atom. The zero-order valence-corrected chi connectivity index (χ0v) is 15.2. The van der Waals surface area contributed by atoms with E-state index >= 15 is 0 Å². The van der Waals surface area contributed by atoms with Crippen molar-refractivity contribution in [2.75, 3.05) is 31.6 Å². The van der Waals surface area contributed by atoms with Gasteiger partial charge in [-0.3, -0.25) is 9.69 Å². The van der Waals surface area contributed by atoms with E-state index < -0.39 is 0 Å². The van der Waals surface area contributed by atoms with Crippen molar-refractivity contribution in [2.24, 2.45) is 0 Å². The van der Waals surface area contributed by atoms with Gasteiger partial charge in [-0.1, -0.05) is 12.1 Å². The van der Waals surface area contributed by atoms with Gasteiger partial charge in [-0.25, -0.2) is 4.98 Å². The lowest BCUT2D eigenvalue weighted by molar-refractivity contribution is -0.116. The van der Waals surface area contributed by atoms with Crippen molar-refractivity contribution in [3.05, 3.63) is 22.8 Å². The Kier molecular flexibility index (Phi) is 6.48. The standard InChI is InChI=1S/C16H23N5O3S/c1-2-3-13-18-15(24-20-13)5-4-14(22)19-16-17-12(11-25-16)10-21-6-8-23-9-7-21/h11H,2-10H2,1H3,(H,17,19,22). The zero-order valence-electron chi connectivity index (χ0n) is 14.4. The number of aryl methyl sites for hydroxylation is 2. The third kappa shape index (κ3) is 5.58. The molecule has 3 rings (SSSR count). The van der Waals surface area contributed by atoms with E-state index in [0.717, 1.165) is 51.4 Å². The normalized spacial score (nSPS) is 15.4. The molecule has 1 amide bonds. The second kappa shape index (κ2) is 9.02. The Hall–Kier alpha value is -1.84. The molecule has 2 aromatic heterocycles. The number of amides is 1. The predicted molar refractivity (Wildman–Crippen MR) is 93.5 cm³/mol. The van der Waals surface area contributed by atoms with Crippen LogP contribution in [0.25, 0.3) is 0 Å². The molecule has 136 valence electrons. The van der Waals surface area contributed by atoms with E-state index in [9.17, 15) is 4.79 Å². The number of morpholine rings is 1. The van der Waals surface area contributed by atoms with Crippen LogP contribution in [0.15, 0.2) is 9.90 Å². The maximum Gasteiger partial charge on any atom is 0.227 e. The van der Waals surface area contributed by atoms with Gasteiger partial charge in [0.15, 0.2) is 11.0 Å². The van der Waals surface area contributed by atoms with E-state index in [4.69, 9.17) is 9.26 Å². The Morgan fingerprint density at radius 3 is 2.96 bits per heavy atom. The van der Waals surface area contributed by atoms with Crippen molar-refractivity contribution in [2.45, 2.75) is 39.2 Å². The molecule has 1 aliphatic rings. The Bertz CT molecular complexity index is 681. The quantitative estimate of drug-likeness (QED) is 0.763. The molecular formula is C16H23N5O3S. The highest BCUT2D eigenvalue weighted by molar-refractivity contribution is 7.13. The van der Waals surface area contributed by atoms with E-state index in [2.05, 4.69) is 32.3 Å². The summed E-state index contributed by atoms with van der Waals surface area (Å²) in [6.45, 7) is 6.22. The van der Waals surface area contributed by atoms with Crippen molar-refractivity contribution in [3.63, 3.8) is 0 Å². The third-order valence-corrected chi connectivity index (χ3v) is 4.64. The fourth-order valence-corrected chi connectivity index (χ4v) is 3.26. The molecule has 9 heteroatoms. The van der Waals surface area contributed by atoms with Gasteiger partial charge in [-0.15, -0.1) is 11.3 Å². The summed E-state index contributed by atoms with van der Waals surface area (Å²) in [4.78, 5) is 23.1. The molecule has 0 saturated carbocycles. The Balaban J connectivity index is 1.42. The van der Waals surface area contributed by atoms with Gasteiger partial charge in [0.1, 0.15) is 0 Å². The fraction of sp³-hybridized carbons (Fsp3) is 0.625. The summed E-state index contributed by atoms with van der Waals surface area (Å²) in [5.74, 6) is 1.11. The number of nitrogens with one attached hydrogen (secondary N) is 1. The van der Waals surface area contributed by atoms with E-state index in [1.807, 2.05) is 5.38 Å². The van der Waals surface area contributed by atoms with Crippen molar-refractivity contribution in [3.8, 4) is 0 Å². The van der Waals surface area contributed by atoms with Crippen molar-refractivity contribution >= 4 is 22.4 Å². The van der Waals surface area contributed by atoms with Gasteiger partial charge in [0.25, 0.3) is 0 Å². The number of hydrogen-bond donors (Lipinski definition) is 1. The lowest BCUT2D eigenvalue weighted by atomic mass is 10.3. The number of carbonyl (C=O) groups is 1. The van der Waals surface area contributed by atoms with Crippen LogP contribution in [0, 0.1) is 0 Å². The molecule has 8 nitrogen and oxygen atoms in total. The highest BCUT2D eigenvalue weighted by Crippen LogP contribution is 2.17. The number of nitrogens with zero attached hydrogens (tertiary/aromatic N) is 4. The zero-order chi connectivity index (χ0) is 17.5. The average Bonchev–Trinajstić information content (AvgIpc) is 3.24. The van der Waals surface area contributed by atoms with Gasteiger partial charge < -0.3 is 14.6 Å². The summed E-state index contributed by atoms with van der Waals surface area (Å²) in [5, 5.41) is 9.34. The van der Waals surface area contributed by atoms with Crippen molar-refractivity contribution in [1.82, 2.24) is 20.0 Å². The van der Waals surface area contributed by atoms with Crippen LogP contribution in [0.5, 0.6) is 0 Å². The maximum absolute atomic E-state index is 12.1.